The lowest BCUT2D eigenvalue weighted by Crippen LogP contribution is -1.97. The maximum absolute atomic E-state index is 13.0. The molecule has 1 N–H and O–H groups in total. The topological polar surface area (TPSA) is 29.5 Å². The standard InChI is InChI=1S/C15H23FO2/c1-2-3-4-5-6-7-8-11-18-13-9-10-15(17)14(16)12-13/h9-10,12,17H,2-8,11H2,1H3. The molecule has 0 spiro atoms. The molecule has 0 aromatic heterocycles. The molecule has 2 nitrogen and oxygen atoms in total. The summed E-state index contributed by atoms with van der Waals surface area (Å²) in [5.41, 5.74) is 0. The number of rotatable bonds is 9. The Morgan fingerprint density at radius 2 is 1.72 bits per heavy atom. The highest BCUT2D eigenvalue weighted by molar-refractivity contribution is 5.31. The van der Waals surface area contributed by atoms with Gasteiger partial charge in [0.25, 0.3) is 0 Å². The molecule has 0 fully saturated rings. The Hall–Kier alpha value is -1.25. The summed E-state index contributed by atoms with van der Waals surface area (Å²) >= 11 is 0. The minimum absolute atomic E-state index is 0.335. The van der Waals surface area contributed by atoms with Crippen LogP contribution in [0.2, 0.25) is 0 Å². The zero-order valence-electron chi connectivity index (χ0n) is 11.1. The molecule has 0 saturated carbocycles. The lowest BCUT2D eigenvalue weighted by molar-refractivity contribution is 0.301. The highest BCUT2D eigenvalue weighted by Crippen LogP contribution is 2.21. The van der Waals surface area contributed by atoms with Gasteiger partial charge in [0, 0.05) is 6.07 Å². The van der Waals surface area contributed by atoms with Crippen LogP contribution in [0.1, 0.15) is 51.9 Å². The zero-order valence-corrected chi connectivity index (χ0v) is 11.1. The van der Waals surface area contributed by atoms with E-state index in [1.54, 1.807) is 6.07 Å². The highest BCUT2D eigenvalue weighted by Gasteiger charge is 2.01. The van der Waals surface area contributed by atoms with Crippen LogP contribution in [-0.4, -0.2) is 11.7 Å². The smallest absolute Gasteiger partial charge is 0.168 e. The Labute approximate surface area is 109 Å². The van der Waals surface area contributed by atoms with E-state index >= 15 is 0 Å². The van der Waals surface area contributed by atoms with Crippen molar-refractivity contribution in [3.05, 3.63) is 24.0 Å². The van der Waals surface area contributed by atoms with Gasteiger partial charge < -0.3 is 9.84 Å². The Morgan fingerprint density at radius 1 is 1.06 bits per heavy atom. The Kier molecular flexibility index (Phi) is 7.23. The number of halogens is 1. The van der Waals surface area contributed by atoms with Crippen LogP contribution in [0.5, 0.6) is 11.5 Å². The van der Waals surface area contributed by atoms with E-state index in [0.717, 1.165) is 12.8 Å². The highest BCUT2D eigenvalue weighted by atomic mass is 19.1. The first-order valence-electron chi connectivity index (χ1n) is 6.85. The first-order valence-corrected chi connectivity index (χ1v) is 6.85. The number of phenols is 1. The Morgan fingerprint density at radius 3 is 2.39 bits per heavy atom. The molecule has 18 heavy (non-hydrogen) atoms. The summed E-state index contributed by atoms with van der Waals surface area (Å²) in [5, 5.41) is 9.03. The maximum Gasteiger partial charge on any atom is 0.168 e. The van der Waals surface area contributed by atoms with E-state index in [-0.39, 0.29) is 5.75 Å². The summed E-state index contributed by atoms with van der Waals surface area (Å²) in [4.78, 5) is 0. The van der Waals surface area contributed by atoms with Gasteiger partial charge >= 0.3 is 0 Å². The Bertz CT molecular complexity index is 339. The van der Waals surface area contributed by atoms with E-state index < -0.39 is 5.82 Å². The summed E-state index contributed by atoms with van der Waals surface area (Å²) in [6, 6.07) is 4.12. The van der Waals surface area contributed by atoms with Gasteiger partial charge in [0.2, 0.25) is 0 Å². The van der Waals surface area contributed by atoms with Crippen LogP contribution < -0.4 is 4.74 Å². The van der Waals surface area contributed by atoms with Crippen molar-refractivity contribution in [2.24, 2.45) is 0 Å². The van der Waals surface area contributed by atoms with Crippen LogP contribution in [0.3, 0.4) is 0 Å². The molecule has 1 rings (SSSR count). The molecular weight excluding hydrogens is 231 g/mol. The van der Waals surface area contributed by atoms with Crippen molar-refractivity contribution in [3.8, 4) is 11.5 Å². The van der Waals surface area contributed by atoms with Crippen molar-refractivity contribution in [2.45, 2.75) is 51.9 Å². The molecular formula is C15H23FO2. The molecule has 0 atom stereocenters. The molecule has 3 heteroatoms. The quantitative estimate of drug-likeness (QED) is 0.649. The first-order chi connectivity index (χ1) is 8.74. The average molecular weight is 254 g/mol. The second-order valence-corrected chi connectivity index (χ2v) is 4.58. The van der Waals surface area contributed by atoms with Crippen LogP contribution in [0.4, 0.5) is 4.39 Å². The van der Waals surface area contributed by atoms with E-state index in [9.17, 15) is 4.39 Å². The van der Waals surface area contributed by atoms with E-state index in [2.05, 4.69) is 6.92 Å². The normalized spacial score (nSPS) is 10.6. The fraction of sp³-hybridized carbons (Fsp3) is 0.600. The van der Waals surface area contributed by atoms with Gasteiger partial charge in [-0.2, -0.15) is 0 Å². The number of aromatic hydroxyl groups is 1. The van der Waals surface area contributed by atoms with Gasteiger partial charge in [-0.3, -0.25) is 0 Å². The molecule has 0 bridgehead atoms. The van der Waals surface area contributed by atoms with Crippen LogP contribution in [0.25, 0.3) is 0 Å². The van der Waals surface area contributed by atoms with Crippen molar-refractivity contribution in [3.63, 3.8) is 0 Å². The molecule has 0 saturated heterocycles. The second-order valence-electron chi connectivity index (χ2n) is 4.58. The van der Waals surface area contributed by atoms with Gasteiger partial charge in [0.05, 0.1) is 6.61 Å². The SMILES string of the molecule is CCCCCCCCCOc1ccc(O)c(F)c1. The van der Waals surface area contributed by atoms with Gasteiger partial charge in [-0.15, -0.1) is 0 Å². The lowest BCUT2D eigenvalue weighted by atomic mass is 10.1. The van der Waals surface area contributed by atoms with E-state index in [1.165, 1.54) is 44.2 Å². The van der Waals surface area contributed by atoms with Crippen molar-refractivity contribution >= 4 is 0 Å². The molecule has 0 radical (unpaired) electrons. The van der Waals surface area contributed by atoms with Crippen molar-refractivity contribution in [1.29, 1.82) is 0 Å². The van der Waals surface area contributed by atoms with E-state index in [4.69, 9.17) is 9.84 Å². The van der Waals surface area contributed by atoms with Gasteiger partial charge in [-0.25, -0.2) is 4.39 Å². The summed E-state index contributed by atoms with van der Waals surface area (Å²) in [5.74, 6) is -0.485. The summed E-state index contributed by atoms with van der Waals surface area (Å²) < 4.78 is 18.4. The monoisotopic (exact) mass is 254 g/mol. The zero-order chi connectivity index (χ0) is 13.2. The summed E-state index contributed by atoms with van der Waals surface area (Å²) in [7, 11) is 0. The predicted molar refractivity (Wildman–Crippen MR) is 71.6 cm³/mol. The van der Waals surface area contributed by atoms with Crippen LogP contribution in [-0.2, 0) is 0 Å². The second kappa shape index (κ2) is 8.78. The van der Waals surface area contributed by atoms with Crippen molar-refractivity contribution < 1.29 is 14.2 Å². The Balaban J connectivity index is 2.05. The van der Waals surface area contributed by atoms with Gasteiger partial charge in [0.1, 0.15) is 5.75 Å². The fourth-order valence-corrected chi connectivity index (χ4v) is 1.83. The third kappa shape index (κ3) is 5.89. The van der Waals surface area contributed by atoms with Crippen LogP contribution in [0, 0.1) is 5.82 Å². The summed E-state index contributed by atoms with van der Waals surface area (Å²) in [6.45, 7) is 2.82. The number of unbranched alkanes of at least 4 members (excludes halogenated alkanes) is 6. The molecule has 0 aliphatic rings. The number of hydrogen-bond donors (Lipinski definition) is 1. The molecule has 0 amide bonds. The molecule has 1 aromatic carbocycles. The van der Waals surface area contributed by atoms with Crippen molar-refractivity contribution in [2.75, 3.05) is 6.61 Å². The van der Waals surface area contributed by atoms with Gasteiger partial charge in [0.15, 0.2) is 11.6 Å². The fourth-order valence-electron chi connectivity index (χ4n) is 1.83. The first kappa shape index (κ1) is 14.8. The molecule has 0 aliphatic carbocycles. The third-order valence-electron chi connectivity index (χ3n) is 2.94. The summed E-state index contributed by atoms with van der Waals surface area (Å²) in [6.07, 6.45) is 8.60. The van der Waals surface area contributed by atoms with Crippen LogP contribution >= 0.6 is 0 Å². The van der Waals surface area contributed by atoms with Crippen molar-refractivity contribution in [1.82, 2.24) is 0 Å². The average Bonchev–Trinajstić information content (AvgIpc) is 2.37. The molecule has 0 heterocycles. The number of hydrogen-bond acceptors (Lipinski definition) is 2. The van der Waals surface area contributed by atoms with E-state index in [0.29, 0.717) is 12.4 Å². The number of phenolic OH excluding ortho intramolecular Hbond substituents is 1. The molecule has 1 aromatic rings. The minimum Gasteiger partial charge on any atom is -0.505 e. The number of benzene rings is 1. The maximum atomic E-state index is 13.0. The van der Waals surface area contributed by atoms with E-state index in [1.807, 2.05) is 0 Å². The van der Waals surface area contributed by atoms with Gasteiger partial charge in [-0.05, 0) is 18.6 Å². The lowest BCUT2D eigenvalue weighted by Gasteiger charge is -2.06. The van der Waals surface area contributed by atoms with Crippen LogP contribution in [0.15, 0.2) is 18.2 Å². The largest absolute Gasteiger partial charge is 0.505 e. The third-order valence-corrected chi connectivity index (χ3v) is 2.94. The minimum atomic E-state index is -0.632. The molecule has 0 aliphatic heterocycles. The van der Waals surface area contributed by atoms with Gasteiger partial charge in [-0.1, -0.05) is 45.4 Å². The molecule has 102 valence electrons. The molecule has 0 unspecified atom stereocenters. The predicted octanol–water partition coefficient (Wildman–Crippen LogP) is 4.66. The number of ether oxygens (including phenoxy) is 1.